The second kappa shape index (κ2) is 10.1. The molecule has 0 radical (unpaired) electrons. The fourth-order valence-electron chi connectivity index (χ4n) is 3.14. The minimum Gasteiger partial charge on any atom is -0.497 e. The van der Waals surface area contributed by atoms with Crippen LogP contribution >= 0.6 is 0 Å². The summed E-state index contributed by atoms with van der Waals surface area (Å²) in [5.74, 6) is 0.488. The zero-order chi connectivity index (χ0) is 21.6. The van der Waals surface area contributed by atoms with Crippen LogP contribution in [0.3, 0.4) is 0 Å². The number of methoxy groups -OCH3 is 1. The Labute approximate surface area is 174 Å². The second-order valence-corrected chi connectivity index (χ2v) is 7.81. The van der Waals surface area contributed by atoms with Crippen LogP contribution in [0, 0.1) is 13.8 Å². The van der Waals surface area contributed by atoms with Crippen LogP contribution in [0.4, 0.5) is 0 Å². The SMILES string of the molecule is COc1cccc(CN(C(=O)Cc2ccc(C)c(C)c2)C(C)C(=O)NC(C)C)c1. The highest BCUT2D eigenvalue weighted by molar-refractivity contribution is 5.88. The van der Waals surface area contributed by atoms with Crippen LogP contribution in [-0.2, 0) is 22.6 Å². The zero-order valence-corrected chi connectivity index (χ0v) is 18.3. The molecule has 156 valence electrons. The Morgan fingerprint density at radius 1 is 1.00 bits per heavy atom. The number of nitrogens with zero attached hydrogens (tertiary/aromatic N) is 1. The van der Waals surface area contributed by atoms with E-state index in [1.807, 2.05) is 70.2 Å². The molecular formula is C24H32N2O3. The third kappa shape index (κ3) is 6.34. The maximum Gasteiger partial charge on any atom is 0.242 e. The van der Waals surface area contributed by atoms with Crippen molar-refractivity contribution in [2.45, 2.75) is 59.7 Å². The Bertz CT molecular complexity index is 861. The molecule has 2 amide bonds. The maximum absolute atomic E-state index is 13.2. The van der Waals surface area contributed by atoms with Crippen LogP contribution in [0.1, 0.15) is 43.0 Å². The van der Waals surface area contributed by atoms with E-state index in [9.17, 15) is 9.59 Å². The average Bonchev–Trinajstić information content (AvgIpc) is 2.68. The van der Waals surface area contributed by atoms with E-state index < -0.39 is 6.04 Å². The monoisotopic (exact) mass is 396 g/mol. The van der Waals surface area contributed by atoms with Crippen molar-refractivity contribution in [3.05, 3.63) is 64.7 Å². The Kier molecular flexibility index (Phi) is 7.82. The van der Waals surface area contributed by atoms with Crippen molar-refractivity contribution in [3.8, 4) is 5.75 Å². The van der Waals surface area contributed by atoms with Gasteiger partial charge in [0.2, 0.25) is 11.8 Å². The largest absolute Gasteiger partial charge is 0.497 e. The molecule has 0 aromatic heterocycles. The molecule has 2 aromatic rings. The Hall–Kier alpha value is -2.82. The first-order chi connectivity index (χ1) is 13.7. The lowest BCUT2D eigenvalue weighted by atomic mass is 10.0. The lowest BCUT2D eigenvalue weighted by molar-refractivity contribution is -0.140. The highest BCUT2D eigenvalue weighted by atomic mass is 16.5. The quantitative estimate of drug-likeness (QED) is 0.738. The van der Waals surface area contributed by atoms with Gasteiger partial charge in [-0.1, -0.05) is 30.3 Å². The van der Waals surface area contributed by atoms with Gasteiger partial charge >= 0.3 is 0 Å². The van der Waals surface area contributed by atoms with Crippen molar-refractivity contribution >= 4 is 11.8 Å². The molecule has 0 bridgehead atoms. The minimum absolute atomic E-state index is 0.0125. The van der Waals surface area contributed by atoms with Gasteiger partial charge in [-0.05, 0) is 69.0 Å². The van der Waals surface area contributed by atoms with Crippen molar-refractivity contribution in [3.63, 3.8) is 0 Å². The van der Waals surface area contributed by atoms with Crippen LogP contribution in [-0.4, -0.2) is 35.9 Å². The number of amides is 2. The summed E-state index contributed by atoms with van der Waals surface area (Å²) in [5, 5.41) is 2.91. The molecule has 0 aliphatic rings. The van der Waals surface area contributed by atoms with E-state index in [-0.39, 0.29) is 24.3 Å². The number of benzene rings is 2. The van der Waals surface area contributed by atoms with Crippen molar-refractivity contribution in [1.29, 1.82) is 0 Å². The lowest BCUT2D eigenvalue weighted by Gasteiger charge is -2.29. The molecule has 0 saturated heterocycles. The Morgan fingerprint density at radius 3 is 2.34 bits per heavy atom. The van der Waals surface area contributed by atoms with E-state index in [1.165, 1.54) is 5.56 Å². The van der Waals surface area contributed by atoms with E-state index in [0.717, 1.165) is 22.4 Å². The van der Waals surface area contributed by atoms with E-state index in [2.05, 4.69) is 5.32 Å². The first kappa shape index (κ1) is 22.5. The first-order valence-corrected chi connectivity index (χ1v) is 10.00. The van der Waals surface area contributed by atoms with Gasteiger partial charge in [0.15, 0.2) is 0 Å². The third-order valence-corrected chi connectivity index (χ3v) is 5.01. The molecule has 2 rings (SSSR count). The van der Waals surface area contributed by atoms with Crippen molar-refractivity contribution < 1.29 is 14.3 Å². The van der Waals surface area contributed by atoms with Gasteiger partial charge in [0.05, 0.1) is 13.5 Å². The number of nitrogens with one attached hydrogen (secondary N) is 1. The third-order valence-electron chi connectivity index (χ3n) is 5.01. The van der Waals surface area contributed by atoms with Crippen LogP contribution < -0.4 is 10.1 Å². The smallest absolute Gasteiger partial charge is 0.242 e. The topological polar surface area (TPSA) is 58.6 Å². The molecule has 29 heavy (non-hydrogen) atoms. The van der Waals surface area contributed by atoms with Gasteiger partial charge in [-0.3, -0.25) is 9.59 Å². The first-order valence-electron chi connectivity index (χ1n) is 10.00. The van der Waals surface area contributed by atoms with Gasteiger partial charge in [0.25, 0.3) is 0 Å². The van der Waals surface area contributed by atoms with E-state index in [1.54, 1.807) is 18.9 Å². The number of ether oxygens (including phenoxy) is 1. The van der Waals surface area contributed by atoms with Crippen LogP contribution in [0.15, 0.2) is 42.5 Å². The van der Waals surface area contributed by atoms with E-state index in [0.29, 0.717) is 6.54 Å². The van der Waals surface area contributed by atoms with Gasteiger partial charge in [-0.2, -0.15) is 0 Å². The maximum atomic E-state index is 13.2. The molecule has 5 heteroatoms. The molecule has 5 nitrogen and oxygen atoms in total. The fourth-order valence-corrected chi connectivity index (χ4v) is 3.14. The van der Waals surface area contributed by atoms with Gasteiger partial charge in [0.1, 0.15) is 11.8 Å². The van der Waals surface area contributed by atoms with E-state index >= 15 is 0 Å². The van der Waals surface area contributed by atoms with Gasteiger partial charge in [-0.25, -0.2) is 0 Å². The number of aryl methyl sites for hydroxylation is 2. The van der Waals surface area contributed by atoms with Gasteiger partial charge in [0, 0.05) is 12.6 Å². The Morgan fingerprint density at radius 2 is 1.72 bits per heavy atom. The molecule has 0 aliphatic heterocycles. The standard InChI is InChI=1S/C24H32N2O3/c1-16(2)25-24(28)19(5)26(15-21-8-7-9-22(13-21)29-6)23(27)14-20-11-10-17(3)18(4)12-20/h7-13,16,19H,14-15H2,1-6H3,(H,25,28). The molecular weight excluding hydrogens is 364 g/mol. The summed E-state index contributed by atoms with van der Waals surface area (Å²) in [4.78, 5) is 27.5. The molecule has 1 atom stereocenters. The minimum atomic E-state index is -0.581. The summed E-state index contributed by atoms with van der Waals surface area (Å²) in [6.07, 6.45) is 0.254. The molecule has 0 heterocycles. The molecule has 0 spiro atoms. The van der Waals surface area contributed by atoms with Crippen molar-refractivity contribution in [2.24, 2.45) is 0 Å². The number of rotatable bonds is 8. The fraction of sp³-hybridized carbons (Fsp3) is 0.417. The summed E-state index contributed by atoms with van der Waals surface area (Å²) < 4.78 is 5.29. The summed E-state index contributed by atoms with van der Waals surface area (Å²) in [6, 6.07) is 13.0. The predicted molar refractivity (Wildman–Crippen MR) is 116 cm³/mol. The van der Waals surface area contributed by atoms with Crippen LogP contribution in [0.2, 0.25) is 0 Å². The molecule has 1 N–H and O–H groups in total. The number of hydrogen-bond donors (Lipinski definition) is 1. The molecule has 1 unspecified atom stereocenters. The van der Waals surface area contributed by atoms with Crippen LogP contribution in [0.25, 0.3) is 0 Å². The summed E-state index contributed by atoms with van der Waals surface area (Å²) in [5.41, 5.74) is 4.21. The predicted octanol–water partition coefficient (Wildman–Crippen LogP) is 3.80. The summed E-state index contributed by atoms with van der Waals surface area (Å²) in [6.45, 7) is 10.0. The zero-order valence-electron chi connectivity index (χ0n) is 18.3. The number of hydrogen-bond acceptors (Lipinski definition) is 3. The lowest BCUT2D eigenvalue weighted by Crippen LogP contribution is -2.49. The van der Waals surface area contributed by atoms with Crippen molar-refractivity contribution in [1.82, 2.24) is 10.2 Å². The second-order valence-electron chi connectivity index (χ2n) is 7.81. The number of carbonyl (C=O) groups excluding carboxylic acids is 2. The van der Waals surface area contributed by atoms with Gasteiger partial charge < -0.3 is 15.0 Å². The molecule has 0 fully saturated rings. The van der Waals surface area contributed by atoms with E-state index in [4.69, 9.17) is 4.74 Å². The Balaban J connectivity index is 2.27. The molecule has 2 aromatic carbocycles. The van der Waals surface area contributed by atoms with Gasteiger partial charge in [-0.15, -0.1) is 0 Å². The summed E-state index contributed by atoms with van der Waals surface area (Å²) in [7, 11) is 1.61. The van der Waals surface area contributed by atoms with Crippen LogP contribution in [0.5, 0.6) is 5.75 Å². The highest BCUT2D eigenvalue weighted by Gasteiger charge is 2.26. The normalized spacial score (nSPS) is 11.8. The average molecular weight is 397 g/mol. The molecule has 0 saturated carbocycles. The van der Waals surface area contributed by atoms with Crippen molar-refractivity contribution in [2.75, 3.05) is 7.11 Å². The molecule has 0 aliphatic carbocycles. The summed E-state index contributed by atoms with van der Waals surface area (Å²) >= 11 is 0. The number of carbonyl (C=O) groups is 2. The highest BCUT2D eigenvalue weighted by Crippen LogP contribution is 2.18.